The van der Waals surface area contributed by atoms with Crippen LogP contribution >= 0.6 is 0 Å². The molecule has 0 aliphatic heterocycles. The zero-order valence-corrected chi connectivity index (χ0v) is 8.94. The maximum Gasteiger partial charge on any atom is 0.0801 e. The average Bonchev–Trinajstić information content (AvgIpc) is 2.26. The van der Waals surface area contributed by atoms with Crippen LogP contribution in [-0.2, 0) is 4.74 Å². The summed E-state index contributed by atoms with van der Waals surface area (Å²) in [5, 5.41) is 0. The predicted molar refractivity (Wildman–Crippen MR) is 59.1 cm³/mol. The van der Waals surface area contributed by atoms with Gasteiger partial charge in [-0.25, -0.2) is 0 Å². The summed E-state index contributed by atoms with van der Waals surface area (Å²) in [6, 6.07) is 10.2. The zero-order valence-electron chi connectivity index (χ0n) is 8.94. The molecule has 0 saturated heterocycles. The minimum absolute atomic E-state index is 0.129. The Labute approximate surface area is 86.1 Å². The van der Waals surface area contributed by atoms with Gasteiger partial charge >= 0.3 is 0 Å². The summed E-state index contributed by atoms with van der Waals surface area (Å²) in [6.45, 7) is 4.75. The Morgan fingerprint density at radius 1 is 1.29 bits per heavy atom. The van der Waals surface area contributed by atoms with Crippen LogP contribution in [0.25, 0.3) is 0 Å². The third-order valence-corrected chi connectivity index (χ3v) is 2.38. The summed E-state index contributed by atoms with van der Waals surface area (Å²) in [4.78, 5) is 0. The van der Waals surface area contributed by atoms with Crippen molar-refractivity contribution >= 4 is 0 Å². The van der Waals surface area contributed by atoms with E-state index in [1.165, 1.54) is 5.56 Å². The summed E-state index contributed by atoms with van der Waals surface area (Å²) in [6.07, 6.45) is 1.27. The summed E-state index contributed by atoms with van der Waals surface area (Å²) in [5.41, 5.74) is 6.79. The molecule has 78 valence electrons. The van der Waals surface area contributed by atoms with Crippen molar-refractivity contribution < 1.29 is 4.74 Å². The molecule has 1 rings (SSSR count). The van der Waals surface area contributed by atoms with Crippen molar-refractivity contribution in [2.75, 3.05) is 6.54 Å². The van der Waals surface area contributed by atoms with Gasteiger partial charge in [-0.2, -0.15) is 0 Å². The molecular formula is C12H19NO. The standard InChI is InChI=1S/C12H19NO/c1-3-12(9-13)14-10(2)11-7-5-4-6-8-11/h4-8,10,12H,3,9,13H2,1-2H3. The molecule has 0 spiro atoms. The van der Waals surface area contributed by atoms with Crippen LogP contribution in [0.5, 0.6) is 0 Å². The highest BCUT2D eigenvalue weighted by molar-refractivity contribution is 5.16. The number of nitrogens with two attached hydrogens (primary N) is 1. The van der Waals surface area contributed by atoms with Crippen molar-refractivity contribution in [1.82, 2.24) is 0 Å². The molecule has 2 heteroatoms. The largest absolute Gasteiger partial charge is 0.369 e. The van der Waals surface area contributed by atoms with Crippen LogP contribution in [0.2, 0.25) is 0 Å². The van der Waals surface area contributed by atoms with E-state index < -0.39 is 0 Å². The van der Waals surface area contributed by atoms with E-state index in [-0.39, 0.29) is 12.2 Å². The molecule has 2 N–H and O–H groups in total. The number of hydrogen-bond donors (Lipinski definition) is 1. The fourth-order valence-corrected chi connectivity index (χ4v) is 1.41. The first kappa shape index (κ1) is 11.2. The van der Waals surface area contributed by atoms with E-state index in [9.17, 15) is 0 Å². The Balaban J connectivity index is 2.54. The van der Waals surface area contributed by atoms with Crippen molar-refractivity contribution in [2.45, 2.75) is 32.5 Å². The molecule has 1 aromatic carbocycles. The highest BCUT2D eigenvalue weighted by Crippen LogP contribution is 2.18. The summed E-state index contributed by atoms with van der Waals surface area (Å²) < 4.78 is 5.81. The van der Waals surface area contributed by atoms with Crippen molar-refractivity contribution in [1.29, 1.82) is 0 Å². The molecule has 2 unspecified atom stereocenters. The number of rotatable bonds is 5. The highest BCUT2D eigenvalue weighted by atomic mass is 16.5. The van der Waals surface area contributed by atoms with Crippen LogP contribution in [0.4, 0.5) is 0 Å². The molecule has 0 aliphatic rings. The normalized spacial score (nSPS) is 15.1. The molecule has 0 saturated carbocycles. The van der Waals surface area contributed by atoms with Crippen molar-refractivity contribution in [3.05, 3.63) is 35.9 Å². The Hall–Kier alpha value is -0.860. The van der Waals surface area contributed by atoms with Crippen LogP contribution in [0.15, 0.2) is 30.3 Å². The summed E-state index contributed by atoms with van der Waals surface area (Å²) in [5.74, 6) is 0. The van der Waals surface area contributed by atoms with E-state index in [0.29, 0.717) is 6.54 Å². The molecule has 2 atom stereocenters. The van der Waals surface area contributed by atoms with Gasteiger partial charge in [-0.15, -0.1) is 0 Å². The van der Waals surface area contributed by atoms with Gasteiger partial charge in [-0.3, -0.25) is 0 Å². The SMILES string of the molecule is CCC(CN)OC(C)c1ccccc1. The smallest absolute Gasteiger partial charge is 0.0801 e. The van der Waals surface area contributed by atoms with E-state index in [4.69, 9.17) is 10.5 Å². The van der Waals surface area contributed by atoms with E-state index in [2.05, 4.69) is 26.0 Å². The molecule has 0 radical (unpaired) electrons. The lowest BCUT2D eigenvalue weighted by Crippen LogP contribution is -2.24. The fraction of sp³-hybridized carbons (Fsp3) is 0.500. The van der Waals surface area contributed by atoms with Gasteiger partial charge in [-0.05, 0) is 18.9 Å². The number of hydrogen-bond acceptors (Lipinski definition) is 2. The molecule has 0 bridgehead atoms. The van der Waals surface area contributed by atoms with Gasteiger partial charge in [0.2, 0.25) is 0 Å². The first-order valence-electron chi connectivity index (χ1n) is 5.18. The topological polar surface area (TPSA) is 35.2 Å². The summed E-state index contributed by atoms with van der Waals surface area (Å²) in [7, 11) is 0. The second kappa shape index (κ2) is 5.78. The average molecular weight is 193 g/mol. The molecule has 14 heavy (non-hydrogen) atoms. The van der Waals surface area contributed by atoms with Gasteiger partial charge < -0.3 is 10.5 Å². The first-order valence-corrected chi connectivity index (χ1v) is 5.18. The first-order chi connectivity index (χ1) is 6.77. The maximum atomic E-state index is 5.81. The molecule has 2 nitrogen and oxygen atoms in total. The maximum absolute atomic E-state index is 5.81. The van der Waals surface area contributed by atoms with Gasteiger partial charge in [-0.1, -0.05) is 37.3 Å². The third kappa shape index (κ3) is 3.13. The van der Waals surface area contributed by atoms with Crippen LogP contribution in [0, 0.1) is 0 Å². The molecule has 0 aromatic heterocycles. The molecule has 0 aliphatic carbocycles. The number of ether oxygens (including phenoxy) is 1. The zero-order chi connectivity index (χ0) is 10.4. The van der Waals surface area contributed by atoms with Gasteiger partial charge in [0.1, 0.15) is 0 Å². The number of benzene rings is 1. The Morgan fingerprint density at radius 3 is 2.43 bits per heavy atom. The second-order valence-electron chi connectivity index (χ2n) is 3.45. The Kier molecular flexibility index (Phi) is 4.63. The van der Waals surface area contributed by atoms with Gasteiger partial charge in [0.25, 0.3) is 0 Å². The van der Waals surface area contributed by atoms with Crippen LogP contribution in [0.1, 0.15) is 31.9 Å². The molecule has 0 heterocycles. The predicted octanol–water partition coefficient (Wildman–Crippen LogP) is 2.50. The van der Waals surface area contributed by atoms with E-state index in [1.807, 2.05) is 18.2 Å². The van der Waals surface area contributed by atoms with Crippen molar-refractivity contribution in [3.63, 3.8) is 0 Å². The van der Waals surface area contributed by atoms with Crippen molar-refractivity contribution in [3.8, 4) is 0 Å². The minimum atomic E-state index is 0.129. The monoisotopic (exact) mass is 193 g/mol. The second-order valence-corrected chi connectivity index (χ2v) is 3.45. The highest BCUT2D eigenvalue weighted by Gasteiger charge is 2.10. The lowest BCUT2D eigenvalue weighted by molar-refractivity contribution is -0.0000334. The van der Waals surface area contributed by atoms with E-state index in [0.717, 1.165) is 6.42 Å². The minimum Gasteiger partial charge on any atom is -0.369 e. The van der Waals surface area contributed by atoms with E-state index in [1.54, 1.807) is 0 Å². The van der Waals surface area contributed by atoms with Crippen LogP contribution in [0.3, 0.4) is 0 Å². The lowest BCUT2D eigenvalue weighted by Gasteiger charge is -2.20. The van der Waals surface area contributed by atoms with Crippen LogP contribution < -0.4 is 5.73 Å². The van der Waals surface area contributed by atoms with Gasteiger partial charge in [0.05, 0.1) is 12.2 Å². The van der Waals surface area contributed by atoms with Gasteiger partial charge in [0, 0.05) is 6.54 Å². The van der Waals surface area contributed by atoms with Crippen molar-refractivity contribution in [2.24, 2.45) is 5.73 Å². The molecule has 0 fully saturated rings. The summed E-state index contributed by atoms with van der Waals surface area (Å²) >= 11 is 0. The van der Waals surface area contributed by atoms with E-state index >= 15 is 0 Å². The lowest BCUT2D eigenvalue weighted by atomic mass is 10.1. The molecule has 1 aromatic rings. The fourth-order valence-electron chi connectivity index (χ4n) is 1.41. The Bertz CT molecular complexity index is 244. The van der Waals surface area contributed by atoms with Gasteiger partial charge in [0.15, 0.2) is 0 Å². The van der Waals surface area contributed by atoms with Crippen LogP contribution in [-0.4, -0.2) is 12.6 Å². The third-order valence-electron chi connectivity index (χ3n) is 2.38. The molecular weight excluding hydrogens is 174 g/mol. The quantitative estimate of drug-likeness (QED) is 0.779. The molecule has 0 amide bonds. The Morgan fingerprint density at radius 2 is 1.93 bits per heavy atom.